The molecule has 1 aromatic carbocycles. The number of aliphatic carboxylic acids is 1. The van der Waals surface area contributed by atoms with Crippen LogP contribution >= 0.6 is 11.8 Å². The SMILES string of the molecule is Cc1ccc(C#Cc2cnccc2SC(C)(C)C(=O)O)cc1. The van der Waals surface area contributed by atoms with Crippen molar-refractivity contribution in [2.45, 2.75) is 30.4 Å². The first-order chi connectivity index (χ1) is 10.4. The Balaban J connectivity index is 2.30. The van der Waals surface area contributed by atoms with Crippen LogP contribution in [0.3, 0.4) is 0 Å². The Kier molecular flexibility index (Phi) is 4.89. The van der Waals surface area contributed by atoms with Gasteiger partial charge in [0, 0.05) is 22.9 Å². The van der Waals surface area contributed by atoms with Crippen LogP contribution in [0.5, 0.6) is 0 Å². The van der Waals surface area contributed by atoms with Crippen molar-refractivity contribution in [2.75, 3.05) is 0 Å². The van der Waals surface area contributed by atoms with Crippen LogP contribution in [0.25, 0.3) is 0 Å². The average molecular weight is 311 g/mol. The lowest BCUT2D eigenvalue weighted by Gasteiger charge is -2.18. The fourth-order valence-corrected chi connectivity index (χ4v) is 2.64. The smallest absolute Gasteiger partial charge is 0.319 e. The van der Waals surface area contributed by atoms with Gasteiger partial charge in [-0.15, -0.1) is 11.8 Å². The zero-order valence-corrected chi connectivity index (χ0v) is 13.6. The number of aryl methyl sites for hydroxylation is 1. The normalized spacial score (nSPS) is 10.7. The first-order valence-corrected chi connectivity index (χ1v) is 7.65. The third-order valence-corrected chi connectivity index (χ3v) is 4.32. The molecule has 0 atom stereocenters. The standard InChI is InChI=1S/C18H17NO2S/c1-13-4-6-14(7-5-13)8-9-15-12-19-11-10-16(15)22-18(2,3)17(20)21/h4-7,10-12H,1-3H3,(H,20,21). The van der Waals surface area contributed by atoms with E-state index < -0.39 is 10.7 Å². The number of hydrogen-bond donors (Lipinski definition) is 1. The Labute approximate surface area is 134 Å². The lowest BCUT2D eigenvalue weighted by molar-refractivity contribution is -0.138. The fourth-order valence-electron chi connectivity index (χ4n) is 1.66. The van der Waals surface area contributed by atoms with Crippen molar-refractivity contribution in [3.8, 4) is 11.8 Å². The maximum absolute atomic E-state index is 11.3. The van der Waals surface area contributed by atoms with Crippen molar-refractivity contribution in [3.63, 3.8) is 0 Å². The van der Waals surface area contributed by atoms with Crippen LogP contribution in [-0.2, 0) is 4.79 Å². The minimum absolute atomic E-state index is 0.738. The minimum Gasteiger partial charge on any atom is -0.480 e. The van der Waals surface area contributed by atoms with Gasteiger partial charge >= 0.3 is 5.97 Å². The number of carboxylic acid groups (broad SMARTS) is 1. The third-order valence-electron chi connectivity index (χ3n) is 3.05. The highest BCUT2D eigenvalue weighted by atomic mass is 32.2. The second kappa shape index (κ2) is 6.67. The molecular weight excluding hydrogens is 294 g/mol. The summed E-state index contributed by atoms with van der Waals surface area (Å²) in [5, 5.41) is 9.25. The van der Waals surface area contributed by atoms with Crippen LogP contribution in [0.2, 0.25) is 0 Å². The summed E-state index contributed by atoms with van der Waals surface area (Å²) < 4.78 is -0.915. The quantitative estimate of drug-likeness (QED) is 0.693. The van der Waals surface area contributed by atoms with E-state index in [0.717, 1.165) is 16.0 Å². The predicted molar refractivity (Wildman–Crippen MR) is 89.0 cm³/mol. The van der Waals surface area contributed by atoms with E-state index in [9.17, 15) is 9.90 Å². The molecule has 112 valence electrons. The number of hydrogen-bond acceptors (Lipinski definition) is 3. The molecular formula is C18H17NO2S. The molecule has 0 aliphatic rings. The predicted octanol–water partition coefficient (Wildman–Crippen LogP) is 3.75. The van der Waals surface area contributed by atoms with Crippen molar-refractivity contribution in [2.24, 2.45) is 0 Å². The van der Waals surface area contributed by atoms with Crippen LogP contribution in [-0.4, -0.2) is 20.8 Å². The van der Waals surface area contributed by atoms with Crippen LogP contribution in [0.1, 0.15) is 30.5 Å². The fraction of sp³-hybridized carbons (Fsp3) is 0.222. The Hall–Kier alpha value is -2.25. The van der Waals surface area contributed by atoms with E-state index in [-0.39, 0.29) is 0 Å². The van der Waals surface area contributed by atoms with Crippen molar-refractivity contribution in [1.82, 2.24) is 4.98 Å². The van der Waals surface area contributed by atoms with E-state index in [2.05, 4.69) is 16.8 Å². The maximum Gasteiger partial charge on any atom is 0.319 e. The molecule has 0 aliphatic carbocycles. The number of carbonyl (C=O) groups is 1. The summed E-state index contributed by atoms with van der Waals surface area (Å²) in [6, 6.07) is 9.75. The van der Waals surface area contributed by atoms with Gasteiger partial charge in [-0.1, -0.05) is 29.5 Å². The monoisotopic (exact) mass is 311 g/mol. The number of carboxylic acids is 1. The Bertz CT molecular complexity index is 740. The Morgan fingerprint density at radius 2 is 1.86 bits per heavy atom. The summed E-state index contributed by atoms with van der Waals surface area (Å²) >= 11 is 1.28. The van der Waals surface area contributed by atoms with E-state index in [4.69, 9.17) is 0 Å². The molecule has 0 saturated carbocycles. The lowest BCUT2D eigenvalue weighted by Crippen LogP contribution is -2.27. The van der Waals surface area contributed by atoms with E-state index >= 15 is 0 Å². The number of nitrogens with zero attached hydrogens (tertiary/aromatic N) is 1. The molecule has 0 saturated heterocycles. The van der Waals surface area contributed by atoms with Gasteiger partial charge in [-0.3, -0.25) is 9.78 Å². The molecule has 3 nitrogen and oxygen atoms in total. The number of aromatic nitrogens is 1. The Morgan fingerprint density at radius 3 is 2.50 bits per heavy atom. The summed E-state index contributed by atoms with van der Waals surface area (Å²) in [5.74, 6) is 5.32. The van der Waals surface area contributed by atoms with E-state index in [1.165, 1.54) is 17.3 Å². The van der Waals surface area contributed by atoms with Gasteiger partial charge in [0.1, 0.15) is 4.75 Å². The first kappa shape index (κ1) is 16.1. The van der Waals surface area contributed by atoms with Gasteiger partial charge < -0.3 is 5.11 Å². The molecule has 1 N–H and O–H groups in total. The van der Waals surface area contributed by atoms with Gasteiger partial charge in [0.05, 0.1) is 5.56 Å². The average Bonchev–Trinajstić information content (AvgIpc) is 2.47. The molecule has 1 aromatic heterocycles. The summed E-state index contributed by atoms with van der Waals surface area (Å²) in [6.07, 6.45) is 3.32. The van der Waals surface area contributed by atoms with E-state index in [1.807, 2.05) is 31.2 Å². The molecule has 1 heterocycles. The van der Waals surface area contributed by atoms with Crippen LogP contribution in [0.15, 0.2) is 47.6 Å². The molecule has 22 heavy (non-hydrogen) atoms. The highest BCUT2D eigenvalue weighted by Crippen LogP contribution is 2.34. The number of rotatable bonds is 3. The Morgan fingerprint density at radius 1 is 1.18 bits per heavy atom. The maximum atomic E-state index is 11.3. The molecule has 4 heteroatoms. The summed E-state index contributed by atoms with van der Waals surface area (Å²) in [4.78, 5) is 16.2. The largest absolute Gasteiger partial charge is 0.480 e. The molecule has 0 bridgehead atoms. The van der Waals surface area contributed by atoms with Crippen molar-refractivity contribution in [1.29, 1.82) is 0 Å². The van der Waals surface area contributed by atoms with Gasteiger partial charge in [0.15, 0.2) is 0 Å². The second-order valence-corrected chi connectivity index (χ2v) is 7.07. The summed E-state index contributed by atoms with van der Waals surface area (Å²) in [6.45, 7) is 5.39. The topological polar surface area (TPSA) is 50.2 Å². The zero-order chi connectivity index (χ0) is 16.2. The highest BCUT2D eigenvalue weighted by Gasteiger charge is 2.29. The van der Waals surface area contributed by atoms with Crippen molar-refractivity contribution >= 4 is 17.7 Å². The van der Waals surface area contributed by atoms with E-state index in [0.29, 0.717) is 0 Å². The molecule has 0 unspecified atom stereocenters. The zero-order valence-electron chi connectivity index (χ0n) is 12.8. The molecule has 0 fully saturated rings. The number of pyridine rings is 1. The van der Waals surface area contributed by atoms with Gasteiger partial charge in [0.2, 0.25) is 0 Å². The van der Waals surface area contributed by atoms with Gasteiger partial charge in [-0.25, -0.2) is 0 Å². The minimum atomic E-state index is -0.915. The van der Waals surface area contributed by atoms with Crippen LogP contribution in [0.4, 0.5) is 0 Å². The number of benzene rings is 1. The molecule has 0 aliphatic heterocycles. The van der Waals surface area contributed by atoms with Gasteiger partial charge in [-0.2, -0.15) is 0 Å². The first-order valence-electron chi connectivity index (χ1n) is 6.83. The molecule has 0 radical (unpaired) electrons. The number of thioether (sulfide) groups is 1. The van der Waals surface area contributed by atoms with Crippen LogP contribution in [0, 0.1) is 18.8 Å². The van der Waals surface area contributed by atoms with E-state index in [1.54, 1.807) is 32.3 Å². The van der Waals surface area contributed by atoms with Crippen molar-refractivity contribution in [3.05, 3.63) is 59.4 Å². The lowest BCUT2D eigenvalue weighted by atomic mass is 10.1. The van der Waals surface area contributed by atoms with Crippen LogP contribution < -0.4 is 0 Å². The third kappa shape index (κ3) is 4.12. The molecule has 0 amide bonds. The summed E-state index contributed by atoms with van der Waals surface area (Å²) in [5.41, 5.74) is 2.84. The van der Waals surface area contributed by atoms with Gasteiger partial charge in [-0.05, 0) is 39.0 Å². The summed E-state index contributed by atoms with van der Waals surface area (Å²) in [7, 11) is 0. The second-order valence-electron chi connectivity index (χ2n) is 5.41. The molecule has 0 spiro atoms. The highest BCUT2D eigenvalue weighted by molar-refractivity contribution is 8.01. The molecule has 2 aromatic rings. The van der Waals surface area contributed by atoms with Crippen molar-refractivity contribution < 1.29 is 9.90 Å². The molecule has 2 rings (SSSR count). The van der Waals surface area contributed by atoms with Gasteiger partial charge in [0.25, 0.3) is 0 Å².